The molecule has 0 spiro atoms. The Kier molecular flexibility index (Phi) is 2.17. The first-order valence-corrected chi connectivity index (χ1v) is 4.07. The Labute approximate surface area is 76.9 Å². The van der Waals surface area contributed by atoms with Crippen LogP contribution in [0.25, 0.3) is 0 Å². The smallest absolute Gasteiger partial charge is 0.330 e. The van der Waals surface area contributed by atoms with E-state index < -0.39 is 11.5 Å². The van der Waals surface area contributed by atoms with Gasteiger partial charge in [0, 0.05) is 11.6 Å². The second-order valence-electron chi connectivity index (χ2n) is 3.47. The van der Waals surface area contributed by atoms with Crippen LogP contribution in [-0.2, 0) is 4.79 Å². The second kappa shape index (κ2) is 2.88. The van der Waals surface area contributed by atoms with E-state index in [0.717, 1.165) is 5.57 Å². The van der Waals surface area contributed by atoms with Gasteiger partial charge in [-0.2, -0.15) is 0 Å². The first-order valence-electron chi connectivity index (χ1n) is 4.07. The van der Waals surface area contributed by atoms with Crippen LogP contribution >= 0.6 is 0 Å². The van der Waals surface area contributed by atoms with Gasteiger partial charge in [0.1, 0.15) is 0 Å². The number of rotatable bonds is 1. The lowest BCUT2D eigenvalue weighted by Gasteiger charge is -2.33. The molecule has 0 aromatic carbocycles. The fraction of sp³-hybridized carbons (Fsp3) is 0.444. The largest absolute Gasteiger partial charge is 0.480 e. The van der Waals surface area contributed by atoms with Crippen molar-refractivity contribution in [3.63, 3.8) is 0 Å². The zero-order chi connectivity index (χ0) is 10.2. The highest BCUT2D eigenvalue weighted by Crippen LogP contribution is 2.28. The number of carboxylic acid groups (broad SMARTS) is 1. The SMILES string of the molecule is CC1=CC(C)C(N)(C(=O)O)C(N)=C1. The highest BCUT2D eigenvalue weighted by atomic mass is 16.4. The zero-order valence-corrected chi connectivity index (χ0v) is 7.74. The summed E-state index contributed by atoms with van der Waals surface area (Å²) >= 11 is 0. The van der Waals surface area contributed by atoms with Crippen LogP contribution in [0.5, 0.6) is 0 Å². The predicted molar refractivity (Wildman–Crippen MR) is 49.7 cm³/mol. The quantitative estimate of drug-likeness (QED) is 0.540. The van der Waals surface area contributed by atoms with E-state index in [0.29, 0.717) is 0 Å². The minimum Gasteiger partial charge on any atom is -0.480 e. The molecule has 1 aliphatic rings. The summed E-state index contributed by atoms with van der Waals surface area (Å²) in [6.45, 7) is 3.61. The normalized spacial score (nSPS) is 33.6. The summed E-state index contributed by atoms with van der Waals surface area (Å²) < 4.78 is 0. The average Bonchev–Trinajstić information content (AvgIpc) is 1.99. The molecule has 1 rings (SSSR count). The Morgan fingerprint density at radius 1 is 1.69 bits per heavy atom. The number of hydrogen-bond acceptors (Lipinski definition) is 3. The van der Waals surface area contributed by atoms with E-state index >= 15 is 0 Å². The van der Waals surface area contributed by atoms with Gasteiger partial charge in [0.05, 0.1) is 0 Å². The third-order valence-electron chi connectivity index (χ3n) is 2.45. The highest BCUT2D eigenvalue weighted by Gasteiger charge is 2.43. The summed E-state index contributed by atoms with van der Waals surface area (Å²) in [5.41, 5.74) is 11.0. The van der Waals surface area contributed by atoms with E-state index in [-0.39, 0.29) is 11.6 Å². The van der Waals surface area contributed by atoms with Gasteiger partial charge in [0.2, 0.25) is 0 Å². The van der Waals surface area contributed by atoms with E-state index in [1.807, 2.05) is 13.0 Å². The first-order chi connectivity index (χ1) is 5.89. The van der Waals surface area contributed by atoms with Crippen LogP contribution in [-0.4, -0.2) is 16.6 Å². The number of hydrogen-bond donors (Lipinski definition) is 3. The third kappa shape index (κ3) is 1.33. The maximum absolute atomic E-state index is 10.9. The van der Waals surface area contributed by atoms with Crippen LogP contribution in [0.15, 0.2) is 23.4 Å². The molecule has 4 heteroatoms. The van der Waals surface area contributed by atoms with E-state index in [9.17, 15) is 4.79 Å². The molecule has 0 heterocycles. The van der Waals surface area contributed by atoms with Crippen LogP contribution in [0.2, 0.25) is 0 Å². The van der Waals surface area contributed by atoms with Gasteiger partial charge < -0.3 is 16.6 Å². The molecular formula is C9H14N2O2. The molecular weight excluding hydrogens is 168 g/mol. The summed E-state index contributed by atoms with van der Waals surface area (Å²) in [4.78, 5) is 10.9. The molecule has 2 atom stereocenters. The molecule has 0 aromatic heterocycles. The van der Waals surface area contributed by atoms with Gasteiger partial charge in [0.25, 0.3) is 0 Å². The fourth-order valence-corrected chi connectivity index (χ4v) is 1.52. The molecule has 0 bridgehead atoms. The molecule has 0 saturated carbocycles. The third-order valence-corrected chi connectivity index (χ3v) is 2.45. The molecule has 72 valence electrons. The van der Waals surface area contributed by atoms with Crippen molar-refractivity contribution in [2.75, 3.05) is 0 Å². The molecule has 0 saturated heterocycles. The monoisotopic (exact) mass is 182 g/mol. The number of nitrogens with two attached hydrogens (primary N) is 2. The van der Waals surface area contributed by atoms with Crippen LogP contribution in [0, 0.1) is 5.92 Å². The Hall–Kier alpha value is -1.29. The van der Waals surface area contributed by atoms with Crippen LogP contribution in [0.4, 0.5) is 0 Å². The van der Waals surface area contributed by atoms with Crippen molar-refractivity contribution in [3.8, 4) is 0 Å². The fourth-order valence-electron chi connectivity index (χ4n) is 1.52. The summed E-state index contributed by atoms with van der Waals surface area (Å²) in [6, 6.07) is 0. The standard InChI is InChI=1S/C9H14N2O2/c1-5-3-6(2)9(11,8(12)13)7(10)4-5/h3-4,6H,10-11H2,1-2H3,(H,12,13). The molecule has 0 radical (unpaired) electrons. The number of carboxylic acids is 1. The zero-order valence-electron chi connectivity index (χ0n) is 7.74. The molecule has 1 aliphatic carbocycles. The van der Waals surface area contributed by atoms with Crippen LogP contribution in [0.1, 0.15) is 13.8 Å². The number of allylic oxidation sites excluding steroid dienone is 2. The van der Waals surface area contributed by atoms with Crippen molar-refractivity contribution in [2.24, 2.45) is 17.4 Å². The Morgan fingerprint density at radius 2 is 2.23 bits per heavy atom. The molecule has 0 amide bonds. The lowest BCUT2D eigenvalue weighted by atomic mass is 9.78. The average molecular weight is 182 g/mol. The van der Waals surface area contributed by atoms with Crippen LogP contribution < -0.4 is 11.5 Å². The minimum absolute atomic E-state index is 0.215. The molecule has 0 aromatic rings. The van der Waals surface area contributed by atoms with Crippen molar-refractivity contribution < 1.29 is 9.90 Å². The van der Waals surface area contributed by atoms with Crippen molar-refractivity contribution in [3.05, 3.63) is 23.4 Å². The summed E-state index contributed by atoms with van der Waals surface area (Å²) in [5.74, 6) is -1.37. The van der Waals surface area contributed by atoms with Crippen molar-refractivity contribution in [1.82, 2.24) is 0 Å². The molecule has 13 heavy (non-hydrogen) atoms. The van der Waals surface area contributed by atoms with Gasteiger partial charge in [-0.25, -0.2) is 4.79 Å². The highest BCUT2D eigenvalue weighted by molar-refractivity contribution is 5.84. The van der Waals surface area contributed by atoms with E-state index in [1.54, 1.807) is 13.0 Å². The Bertz CT molecular complexity index is 307. The summed E-state index contributed by atoms with van der Waals surface area (Å²) in [5, 5.41) is 8.95. The van der Waals surface area contributed by atoms with Crippen molar-refractivity contribution in [1.29, 1.82) is 0 Å². The lowest BCUT2D eigenvalue weighted by Crippen LogP contribution is -2.57. The van der Waals surface area contributed by atoms with Crippen molar-refractivity contribution >= 4 is 5.97 Å². The lowest BCUT2D eigenvalue weighted by molar-refractivity contribution is -0.143. The Balaban J connectivity index is 3.16. The molecule has 5 N–H and O–H groups in total. The van der Waals surface area contributed by atoms with E-state index in [1.165, 1.54) is 0 Å². The molecule has 0 aliphatic heterocycles. The van der Waals surface area contributed by atoms with E-state index in [2.05, 4.69) is 0 Å². The molecule has 4 nitrogen and oxygen atoms in total. The van der Waals surface area contributed by atoms with Crippen LogP contribution in [0.3, 0.4) is 0 Å². The Morgan fingerprint density at radius 3 is 2.62 bits per heavy atom. The van der Waals surface area contributed by atoms with Crippen molar-refractivity contribution in [2.45, 2.75) is 19.4 Å². The van der Waals surface area contributed by atoms with Gasteiger partial charge in [-0.05, 0) is 13.0 Å². The van der Waals surface area contributed by atoms with Gasteiger partial charge in [-0.1, -0.05) is 18.6 Å². The molecule has 0 fully saturated rings. The summed E-state index contributed by atoms with van der Waals surface area (Å²) in [6.07, 6.45) is 3.42. The topological polar surface area (TPSA) is 89.3 Å². The first kappa shape index (κ1) is 9.80. The maximum atomic E-state index is 10.9. The predicted octanol–water partition coefficient (Wildman–Crippen LogP) is 0.207. The summed E-state index contributed by atoms with van der Waals surface area (Å²) in [7, 11) is 0. The van der Waals surface area contributed by atoms with Gasteiger partial charge in [-0.15, -0.1) is 0 Å². The van der Waals surface area contributed by atoms with Gasteiger partial charge in [-0.3, -0.25) is 0 Å². The van der Waals surface area contributed by atoms with Gasteiger partial charge >= 0.3 is 5.97 Å². The maximum Gasteiger partial charge on any atom is 0.330 e. The van der Waals surface area contributed by atoms with Gasteiger partial charge in [0.15, 0.2) is 5.54 Å². The second-order valence-corrected chi connectivity index (χ2v) is 3.47. The number of carbonyl (C=O) groups is 1. The minimum atomic E-state index is -1.44. The number of aliphatic carboxylic acids is 1. The van der Waals surface area contributed by atoms with E-state index in [4.69, 9.17) is 16.6 Å². The molecule has 2 unspecified atom stereocenters.